The molecule has 0 aliphatic heterocycles. The van der Waals surface area contributed by atoms with Crippen molar-refractivity contribution in [2.24, 2.45) is 0 Å². The fourth-order valence-corrected chi connectivity index (χ4v) is 2.68. The van der Waals surface area contributed by atoms with E-state index >= 15 is 0 Å². The molecule has 1 aromatic rings. The number of rotatable bonds is 2. The molecular formula is C15H22N2O. The minimum absolute atomic E-state index is 0.0584. The summed E-state index contributed by atoms with van der Waals surface area (Å²) in [4.78, 5) is 14.3. The van der Waals surface area contributed by atoms with Gasteiger partial charge in [-0.1, -0.05) is 30.9 Å². The Labute approximate surface area is 109 Å². The van der Waals surface area contributed by atoms with Crippen molar-refractivity contribution in [1.29, 1.82) is 0 Å². The first-order valence-corrected chi connectivity index (χ1v) is 6.73. The first kappa shape index (κ1) is 12.9. The molecule has 1 amide bonds. The van der Waals surface area contributed by atoms with Gasteiger partial charge < -0.3 is 10.6 Å². The molecule has 18 heavy (non-hydrogen) atoms. The monoisotopic (exact) mass is 246 g/mol. The van der Waals surface area contributed by atoms with Gasteiger partial charge in [0.25, 0.3) is 5.91 Å². The van der Waals surface area contributed by atoms with E-state index in [1.807, 2.05) is 37.1 Å². The van der Waals surface area contributed by atoms with E-state index in [-0.39, 0.29) is 5.91 Å². The third-order valence-electron chi connectivity index (χ3n) is 3.88. The number of hydrogen-bond acceptors (Lipinski definition) is 2. The van der Waals surface area contributed by atoms with Crippen molar-refractivity contribution < 1.29 is 4.79 Å². The zero-order chi connectivity index (χ0) is 13.1. The third-order valence-corrected chi connectivity index (χ3v) is 3.88. The van der Waals surface area contributed by atoms with Crippen LogP contribution >= 0.6 is 0 Å². The van der Waals surface area contributed by atoms with Crippen LogP contribution in [0.3, 0.4) is 0 Å². The summed E-state index contributed by atoms with van der Waals surface area (Å²) in [7, 11) is 1.90. The summed E-state index contributed by atoms with van der Waals surface area (Å²) in [5.74, 6) is 0.0584. The van der Waals surface area contributed by atoms with Crippen LogP contribution in [0.1, 0.15) is 48.0 Å². The van der Waals surface area contributed by atoms with Gasteiger partial charge in [0.2, 0.25) is 0 Å². The van der Waals surface area contributed by atoms with E-state index in [1.54, 1.807) is 0 Å². The second-order valence-corrected chi connectivity index (χ2v) is 5.30. The molecule has 2 rings (SSSR count). The molecule has 3 heteroatoms. The van der Waals surface area contributed by atoms with Crippen LogP contribution in [-0.2, 0) is 0 Å². The first-order valence-electron chi connectivity index (χ1n) is 6.73. The van der Waals surface area contributed by atoms with Crippen LogP contribution in [0, 0.1) is 6.92 Å². The molecule has 1 aliphatic rings. The van der Waals surface area contributed by atoms with Gasteiger partial charge in [0.05, 0.1) is 5.56 Å². The molecule has 0 aromatic heterocycles. The maximum atomic E-state index is 12.5. The van der Waals surface area contributed by atoms with Crippen molar-refractivity contribution in [3.63, 3.8) is 0 Å². The molecule has 2 N–H and O–H groups in total. The van der Waals surface area contributed by atoms with Gasteiger partial charge in [0.1, 0.15) is 0 Å². The highest BCUT2D eigenvalue weighted by atomic mass is 16.2. The highest BCUT2D eigenvalue weighted by Gasteiger charge is 2.24. The Bertz CT molecular complexity index is 436. The second kappa shape index (κ2) is 5.42. The normalized spacial score (nSPS) is 16.6. The Morgan fingerprint density at radius 3 is 2.61 bits per heavy atom. The number of hydrogen-bond donors (Lipinski definition) is 1. The summed E-state index contributed by atoms with van der Waals surface area (Å²) in [6.07, 6.45) is 5.99. The van der Waals surface area contributed by atoms with E-state index in [0.717, 1.165) is 18.4 Å². The molecule has 0 atom stereocenters. The molecule has 1 fully saturated rings. The lowest BCUT2D eigenvalue weighted by Crippen LogP contribution is -2.38. The summed E-state index contributed by atoms with van der Waals surface area (Å²) in [6, 6.07) is 6.02. The smallest absolute Gasteiger partial charge is 0.255 e. The summed E-state index contributed by atoms with van der Waals surface area (Å²) in [5.41, 5.74) is 8.20. The van der Waals surface area contributed by atoms with Gasteiger partial charge in [-0.2, -0.15) is 0 Å². The van der Waals surface area contributed by atoms with Crippen molar-refractivity contribution in [3.05, 3.63) is 29.3 Å². The van der Waals surface area contributed by atoms with Crippen molar-refractivity contribution in [2.45, 2.75) is 45.1 Å². The highest BCUT2D eigenvalue weighted by Crippen LogP contribution is 2.24. The quantitative estimate of drug-likeness (QED) is 0.815. The van der Waals surface area contributed by atoms with Crippen molar-refractivity contribution in [3.8, 4) is 0 Å². The van der Waals surface area contributed by atoms with Crippen molar-refractivity contribution >= 4 is 11.6 Å². The Hall–Kier alpha value is -1.51. The molecule has 1 saturated carbocycles. The maximum absolute atomic E-state index is 12.5. The fraction of sp³-hybridized carbons (Fsp3) is 0.533. The average molecular weight is 246 g/mol. The molecule has 1 aromatic carbocycles. The second-order valence-electron chi connectivity index (χ2n) is 5.30. The standard InChI is InChI=1S/C15H22N2O/c1-11-8-9-14(16)13(10-11)15(18)17(2)12-6-4-3-5-7-12/h8-10,12H,3-7,16H2,1-2H3. The van der Waals surface area contributed by atoms with Gasteiger partial charge >= 0.3 is 0 Å². The van der Waals surface area contributed by atoms with E-state index in [9.17, 15) is 4.79 Å². The molecular weight excluding hydrogens is 224 g/mol. The van der Waals surface area contributed by atoms with Crippen molar-refractivity contribution in [1.82, 2.24) is 4.90 Å². The Balaban J connectivity index is 2.16. The fourth-order valence-electron chi connectivity index (χ4n) is 2.68. The highest BCUT2D eigenvalue weighted by molar-refractivity contribution is 5.99. The lowest BCUT2D eigenvalue weighted by Gasteiger charge is -2.31. The lowest BCUT2D eigenvalue weighted by atomic mass is 9.94. The number of anilines is 1. The summed E-state index contributed by atoms with van der Waals surface area (Å²) in [5, 5.41) is 0. The summed E-state index contributed by atoms with van der Waals surface area (Å²) in [6.45, 7) is 1.98. The van der Waals surface area contributed by atoms with Gasteiger partial charge in [-0.25, -0.2) is 0 Å². The van der Waals surface area contributed by atoms with E-state index in [1.165, 1.54) is 19.3 Å². The van der Waals surface area contributed by atoms with Crippen LogP contribution in [0.15, 0.2) is 18.2 Å². The number of benzene rings is 1. The molecule has 0 radical (unpaired) electrons. The minimum atomic E-state index is 0.0584. The van der Waals surface area contributed by atoms with E-state index in [0.29, 0.717) is 17.3 Å². The number of aryl methyl sites for hydroxylation is 1. The van der Waals surface area contributed by atoms with E-state index in [2.05, 4.69) is 0 Å². The topological polar surface area (TPSA) is 46.3 Å². The van der Waals surface area contributed by atoms with Crippen LogP contribution < -0.4 is 5.73 Å². The molecule has 0 saturated heterocycles. The predicted octanol–water partition coefficient (Wildman–Crippen LogP) is 2.98. The molecule has 0 unspecified atom stereocenters. The SMILES string of the molecule is Cc1ccc(N)c(C(=O)N(C)C2CCCCC2)c1. The van der Waals surface area contributed by atoms with Crippen LogP contribution in [-0.4, -0.2) is 23.9 Å². The molecule has 1 aliphatic carbocycles. The number of carbonyl (C=O) groups excluding carboxylic acids is 1. The average Bonchev–Trinajstić information content (AvgIpc) is 2.41. The number of nitrogens with zero attached hydrogens (tertiary/aromatic N) is 1. The van der Waals surface area contributed by atoms with Crippen LogP contribution in [0.4, 0.5) is 5.69 Å². The van der Waals surface area contributed by atoms with Gasteiger partial charge in [-0.05, 0) is 31.9 Å². The van der Waals surface area contributed by atoms with Crippen LogP contribution in [0.5, 0.6) is 0 Å². The van der Waals surface area contributed by atoms with Gasteiger partial charge in [0, 0.05) is 18.8 Å². The third kappa shape index (κ3) is 2.66. The Kier molecular flexibility index (Phi) is 3.90. The number of amides is 1. The maximum Gasteiger partial charge on any atom is 0.255 e. The number of nitrogens with two attached hydrogens (primary N) is 1. The van der Waals surface area contributed by atoms with Gasteiger partial charge in [0.15, 0.2) is 0 Å². The van der Waals surface area contributed by atoms with Crippen LogP contribution in [0.2, 0.25) is 0 Å². The lowest BCUT2D eigenvalue weighted by molar-refractivity contribution is 0.0697. The zero-order valence-corrected chi connectivity index (χ0v) is 11.3. The molecule has 0 heterocycles. The van der Waals surface area contributed by atoms with Gasteiger partial charge in [-0.3, -0.25) is 4.79 Å². The minimum Gasteiger partial charge on any atom is -0.398 e. The Morgan fingerprint density at radius 1 is 1.28 bits per heavy atom. The molecule has 0 bridgehead atoms. The van der Waals surface area contributed by atoms with E-state index in [4.69, 9.17) is 5.73 Å². The van der Waals surface area contributed by atoms with E-state index < -0.39 is 0 Å². The van der Waals surface area contributed by atoms with Gasteiger partial charge in [-0.15, -0.1) is 0 Å². The number of nitrogen functional groups attached to an aromatic ring is 1. The Morgan fingerprint density at radius 2 is 1.94 bits per heavy atom. The number of carbonyl (C=O) groups is 1. The molecule has 98 valence electrons. The van der Waals surface area contributed by atoms with Crippen LogP contribution in [0.25, 0.3) is 0 Å². The first-order chi connectivity index (χ1) is 8.59. The summed E-state index contributed by atoms with van der Waals surface area (Å²) >= 11 is 0. The molecule has 0 spiro atoms. The zero-order valence-electron chi connectivity index (χ0n) is 11.3. The largest absolute Gasteiger partial charge is 0.398 e. The summed E-state index contributed by atoms with van der Waals surface area (Å²) < 4.78 is 0. The molecule has 3 nitrogen and oxygen atoms in total. The predicted molar refractivity (Wildman–Crippen MR) is 74.6 cm³/mol. The van der Waals surface area contributed by atoms with Crippen molar-refractivity contribution in [2.75, 3.05) is 12.8 Å².